The van der Waals surface area contributed by atoms with Gasteiger partial charge in [0.1, 0.15) is 16.0 Å². The van der Waals surface area contributed by atoms with Gasteiger partial charge in [-0.25, -0.2) is 13.4 Å². The molecule has 9 nitrogen and oxygen atoms in total. The van der Waals surface area contributed by atoms with E-state index >= 15 is 0 Å². The molecule has 0 aliphatic rings. The van der Waals surface area contributed by atoms with Gasteiger partial charge >= 0.3 is 5.69 Å². The fraction of sp³-hybridized carbons (Fsp3) is 0.500. The molecule has 0 saturated carbocycles. The number of sulfone groups is 1. The van der Waals surface area contributed by atoms with Crippen molar-refractivity contribution >= 4 is 27.3 Å². The number of hydrogen-bond acceptors (Lipinski definition) is 8. The summed E-state index contributed by atoms with van der Waals surface area (Å²) in [5.74, 6) is 0.0636. The molecule has 10 heteroatoms. The van der Waals surface area contributed by atoms with Crippen molar-refractivity contribution in [2.45, 2.75) is 0 Å². The van der Waals surface area contributed by atoms with E-state index in [2.05, 4.69) is 20.6 Å². The first-order chi connectivity index (χ1) is 8.33. The maximum Gasteiger partial charge on any atom is 0.329 e. The topological polar surface area (TPSA) is 127 Å². The smallest absolute Gasteiger partial charge is 0.329 e. The van der Waals surface area contributed by atoms with Crippen LogP contribution in [0.3, 0.4) is 0 Å². The number of hydrogen-bond donors (Lipinski definition) is 2. The number of rotatable bonds is 6. The Balaban J connectivity index is 2.87. The largest absolute Gasteiger partial charge is 0.363 e. The highest BCUT2D eigenvalue weighted by Crippen LogP contribution is 2.21. The van der Waals surface area contributed by atoms with E-state index in [-0.39, 0.29) is 29.8 Å². The van der Waals surface area contributed by atoms with Crippen LogP contribution >= 0.6 is 0 Å². The lowest BCUT2D eigenvalue weighted by Gasteiger charge is -2.06. The van der Waals surface area contributed by atoms with Crippen LogP contribution in [0.15, 0.2) is 6.20 Å². The first kappa shape index (κ1) is 14.1. The van der Waals surface area contributed by atoms with Gasteiger partial charge in [0.05, 0.1) is 10.7 Å². The Kier molecular flexibility index (Phi) is 4.37. The highest BCUT2D eigenvalue weighted by atomic mass is 32.2. The normalized spacial score (nSPS) is 11.0. The summed E-state index contributed by atoms with van der Waals surface area (Å²) >= 11 is 0. The molecule has 0 aliphatic carbocycles. The van der Waals surface area contributed by atoms with Gasteiger partial charge in [0.15, 0.2) is 0 Å². The average Bonchev–Trinajstić information content (AvgIpc) is 2.26. The Morgan fingerprint density at radius 1 is 1.50 bits per heavy atom. The summed E-state index contributed by atoms with van der Waals surface area (Å²) < 4.78 is 21.9. The van der Waals surface area contributed by atoms with Gasteiger partial charge in [0, 0.05) is 19.8 Å². The van der Waals surface area contributed by atoms with Crippen molar-refractivity contribution in [3.8, 4) is 0 Å². The molecule has 0 bridgehead atoms. The number of aromatic nitrogens is 2. The van der Waals surface area contributed by atoms with Crippen LogP contribution in [0.5, 0.6) is 0 Å². The summed E-state index contributed by atoms with van der Waals surface area (Å²) in [4.78, 5) is 17.7. The predicted octanol–water partition coefficient (Wildman–Crippen LogP) is -0.117. The fourth-order valence-electron chi connectivity index (χ4n) is 1.11. The molecular weight excluding hydrogens is 262 g/mol. The minimum atomic E-state index is -3.13. The molecule has 0 aromatic carbocycles. The predicted molar refractivity (Wildman–Crippen MR) is 66.4 cm³/mol. The number of nitrogens with one attached hydrogen (secondary N) is 2. The molecule has 1 aromatic rings. The second-order valence-electron chi connectivity index (χ2n) is 3.49. The van der Waals surface area contributed by atoms with Gasteiger partial charge in [-0.3, -0.25) is 10.1 Å². The standard InChI is InChI=1S/C8H13N5O4S/c1-9-8-11-5-6(13(14)15)7(12-8)10-3-4-18(2,16)17/h5H,3-4H2,1-2H3,(H2,9,10,11,12). The Hall–Kier alpha value is -1.97. The number of anilines is 2. The molecule has 18 heavy (non-hydrogen) atoms. The molecule has 1 heterocycles. The minimum Gasteiger partial charge on any atom is -0.363 e. The van der Waals surface area contributed by atoms with Crippen LogP contribution in [-0.2, 0) is 9.84 Å². The highest BCUT2D eigenvalue weighted by Gasteiger charge is 2.17. The van der Waals surface area contributed by atoms with E-state index < -0.39 is 14.8 Å². The summed E-state index contributed by atoms with van der Waals surface area (Å²) in [6.45, 7) is 0.0415. The van der Waals surface area contributed by atoms with Gasteiger partial charge < -0.3 is 10.6 Å². The van der Waals surface area contributed by atoms with E-state index in [1.165, 1.54) is 0 Å². The van der Waals surface area contributed by atoms with E-state index in [9.17, 15) is 18.5 Å². The maximum absolute atomic E-state index is 10.9. The molecule has 0 atom stereocenters. The molecule has 0 saturated heterocycles. The molecular formula is C8H13N5O4S. The van der Waals surface area contributed by atoms with Crippen molar-refractivity contribution in [1.82, 2.24) is 9.97 Å². The fourth-order valence-corrected chi connectivity index (χ4v) is 1.59. The zero-order valence-electron chi connectivity index (χ0n) is 9.87. The van der Waals surface area contributed by atoms with E-state index in [4.69, 9.17) is 0 Å². The number of nitro groups is 1. The van der Waals surface area contributed by atoms with Crippen molar-refractivity contribution in [3.63, 3.8) is 0 Å². The molecule has 0 radical (unpaired) electrons. The van der Waals surface area contributed by atoms with Crippen LogP contribution < -0.4 is 10.6 Å². The molecule has 1 aromatic heterocycles. The Morgan fingerprint density at radius 2 is 2.17 bits per heavy atom. The molecule has 100 valence electrons. The van der Waals surface area contributed by atoms with Crippen LogP contribution in [0.4, 0.5) is 17.5 Å². The summed E-state index contributed by atoms with van der Waals surface area (Å²) in [6.07, 6.45) is 2.14. The van der Waals surface area contributed by atoms with Gasteiger partial charge in [0.25, 0.3) is 0 Å². The van der Waals surface area contributed by atoms with Gasteiger partial charge in [-0.15, -0.1) is 0 Å². The second kappa shape index (κ2) is 5.58. The molecule has 0 spiro atoms. The van der Waals surface area contributed by atoms with E-state index in [1.807, 2.05) is 0 Å². The van der Waals surface area contributed by atoms with Crippen LogP contribution in [-0.4, -0.2) is 48.9 Å². The molecule has 0 amide bonds. The van der Waals surface area contributed by atoms with E-state index in [1.54, 1.807) is 7.05 Å². The Bertz CT molecular complexity index is 544. The first-order valence-corrected chi connectivity index (χ1v) is 7.00. The molecule has 1 rings (SSSR count). The lowest BCUT2D eigenvalue weighted by molar-refractivity contribution is -0.384. The molecule has 0 aliphatic heterocycles. The van der Waals surface area contributed by atoms with E-state index in [0.717, 1.165) is 12.5 Å². The third-order valence-electron chi connectivity index (χ3n) is 1.96. The lowest BCUT2D eigenvalue weighted by atomic mass is 10.4. The van der Waals surface area contributed by atoms with Crippen LogP contribution in [0.25, 0.3) is 0 Å². The summed E-state index contributed by atoms with van der Waals surface area (Å²) in [6, 6.07) is 0. The van der Waals surface area contributed by atoms with E-state index in [0.29, 0.717) is 0 Å². The maximum atomic E-state index is 10.9. The van der Waals surface area contributed by atoms with Crippen LogP contribution in [0.1, 0.15) is 0 Å². The summed E-state index contributed by atoms with van der Waals surface area (Å²) in [5, 5.41) is 16.0. The van der Waals surface area contributed by atoms with Gasteiger partial charge in [-0.2, -0.15) is 4.98 Å². The van der Waals surface area contributed by atoms with Gasteiger partial charge in [0.2, 0.25) is 11.8 Å². The third kappa shape index (κ3) is 4.13. The molecule has 0 unspecified atom stereocenters. The van der Waals surface area contributed by atoms with Crippen molar-refractivity contribution in [3.05, 3.63) is 16.3 Å². The van der Waals surface area contributed by atoms with Crippen LogP contribution in [0, 0.1) is 10.1 Å². The number of nitrogens with zero attached hydrogens (tertiary/aromatic N) is 3. The van der Waals surface area contributed by atoms with Crippen molar-refractivity contribution in [2.75, 3.05) is 36.2 Å². The van der Waals surface area contributed by atoms with Crippen molar-refractivity contribution < 1.29 is 13.3 Å². The van der Waals surface area contributed by atoms with Crippen LogP contribution in [0.2, 0.25) is 0 Å². The summed E-state index contributed by atoms with van der Waals surface area (Å²) in [5.41, 5.74) is -0.303. The molecule has 0 fully saturated rings. The van der Waals surface area contributed by atoms with Gasteiger partial charge in [-0.1, -0.05) is 0 Å². The monoisotopic (exact) mass is 275 g/mol. The van der Waals surface area contributed by atoms with Crippen molar-refractivity contribution in [2.24, 2.45) is 0 Å². The quantitative estimate of drug-likeness (QED) is 0.543. The average molecular weight is 275 g/mol. The minimum absolute atomic E-state index is 0.0111. The van der Waals surface area contributed by atoms with Gasteiger partial charge in [-0.05, 0) is 0 Å². The Labute approximate surface area is 104 Å². The SMILES string of the molecule is CNc1ncc([N+](=O)[O-])c(NCCS(C)(=O)=O)n1. The highest BCUT2D eigenvalue weighted by molar-refractivity contribution is 7.90. The zero-order valence-corrected chi connectivity index (χ0v) is 10.7. The zero-order chi connectivity index (χ0) is 13.8. The third-order valence-corrected chi connectivity index (χ3v) is 2.90. The molecule has 2 N–H and O–H groups in total. The lowest BCUT2D eigenvalue weighted by Crippen LogP contribution is -2.16. The second-order valence-corrected chi connectivity index (χ2v) is 5.75. The first-order valence-electron chi connectivity index (χ1n) is 4.94. The summed E-state index contributed by atoms with van der Waals surface area (Å²) in [7, 11) is -1.56. The van der Waals surface area contributed by atoms with Crippen molar-refractivity contribution in [1.29, 1.82) is 0 Å². The Morgan fingerprint density at radius 3 is 2.67 bits per heavy atom.